The summed E-state index contributed by atoms with van der Waals surface area (Å²) in [6.07, 6.45) is 4.51. The molecule has 2 aliphatic heterocycles. The molecule has 0 amide bonds. The third kappa shape index (κ3) is 2.76. The zero-order chi connectivity index (χ0) is 14.8. The standard InChI is InChI=1S/C16H31NO3/c1-5-16(6-2,17(3)4)14(18)13-7-9-20-15(11-13)8-10-19-12-15/h13-14,18H,5-12H2,1-4H3. The number of ether oxygens (including phenoxy) is 2. The summed E-state index contributed by atoms with van der Waals surface area (Å²) in [5.41, 5.74) is -0.244. The Morgan fingerprint density at radius 1 is 1.30 bits per heavy atom. The van der Waals surface area contributed by atoms with E-state index in [0.717, 1.165) is 45.3 Å². The van der Waals surface area contributed by atoms with Gasteiger partial charge in [0.05, 0.1) is 18.3 Å². The van der Waals surface area contributed by atoms with Crippen LogP contribution in [-0.4, -0.2) is 61.2 Å². The number of aliphatic hydroxyl groups is 1. The van der Waals surface area contributed by atoms with E-state index >= 15 is 0 Å². The first kappa shape index (κ1) is 16.2. The van der Waals surface area contributed by atoms with Crippen molar-refractivity contribution in [2.45, 2.75) is 63.2 Å². The Balaban J connectivity index is 2.12. The van der Waals surface area contributed by atoms with E-state index in [2.05, 4.69) is 32.8 Å². The Kier molecular flexibility index (Phi) is 5.11. The third-order valence-corrected chi connectivity index (χ3v) is 5.71. The monoisotopic (exact) mass is 285 g/mol. The van der Waals surface area contributed by atoms with E-state index in [-0.39, 0.29) is 17.2 Å². The highest BCUT2D eigenvalue weighted by Crippen LogP contribution is 2.41. The van der Waals surface area contributed by atoms with E-state index in [1.807, 2.05) is 0 Å². The molecule has 0 aromatic rings. The third-order valence-electron chi connectivity index (χ3n) is 5.71. The minimum atomic E-state index is -0.297. The Morgan fingerprint density at radius 3 is 2.50 bits per heavy atom. The summed E-state index contributed by atoms with van der Waals surface area (Å²) in [7, 11) is 4.17. The maximum absolute atomic E-state index is 11.1. The van der Waals surface area contributed by atoms with Gasteiger partial charge in [-0.3, -0.25) is 0 Å². The minimum Gasteiger partial charge on any atom is -0.391 e. The maximum Gasteiger partial charge on any atom is 0.0940 e. The fourth-order valence-electron chi connectivity index (χ4n) is 4.20. The van der Waals surface area contributed by atoms with E-state index in [1.165, 1.54) is 0 Å². The van der Waals surface area contributed by atoms with Crippen molar-refractivity contribution < 1.29 is 14.6 Å². The molecule has 2 fully saturated rings. The molecule has 118 valence electrons. The molecule has 1 spiro atoms. The van der Waals surface area contributed by atoms with Gasteiger partial charge < -0.3 is 19.5 Å². The molecule has 0 aliphatic carbocycles. The molecule has 0 saturated carbocycles. The second-order valence-electron chi connectivity index (χ2n) is 6.74. The Hall–Kier alpha value is -0.160. The summed E-state index contributed by atoms with van der Waals surface area (Å²) >= 11 is 0. The topological polar surface area (TPSA) is 41.9 Å². The molecule has 2 saturated heterocycles. The number of likely N-dealkylation sites (N-methyl/N-ethyl adjacent to an activating group) is 1. The largest absolute Gasteiger partial charge is 0.391 e. The first-order valence-corrected chi connectivity index (χ1v) is 8.07. The number of aliphatic hydroxyl groups excluding tert-OH is 1. The number of hydrogen-bond acceptors (Lipinski definition) is 4. The van der Waals surface area contributed by atoms with E-state index in [1.54, 1.807) is 0 Å². The fourth-order valence-corrected chi connectivity index (χ4v) is 4.20. The Morgan fingerprint density at radius 2 is 2.00 bits per heavy atom. The van der Waals surface area contributed by atoms with Crippen LogP contribution in [0.15, 0.2) is 0 Å². The average Bonchev–Trinajstić information content (AvgIpc) is 2.88. The van der Waals surface area contributed by atoms with Crippen molar-refractivity contribution in [2.75, 3.05) is 33.9 Å². The first-order valence-electron chi connectivity index (χ1n) is 8.07. The normalized spacial score (nSPS) is 33.0. The lowest BCUT2D eigenvalue weighted by Gasteiger charge is -2.48. The van der Waals surface area contributed by atoms with Crippen LogP contribution >= 0.6 is 0 Å². The van der Waals surface area contributed by atoms with Gasteiger partial charge in [-0.25, -0.2) is 0 Å². The molecule has 0 radical (unpaired) electrons. The predicted octanol–water partition coefficient (Wildman–Crippen LogP) is 2.05. The average molecular weight is 285 g/mol. The summed E-state index contributed by atoms with van der Waals surface area (Å²) in [6, 6.07) is 0. The van der Waals surface area contributed by atoms with E-state index in [4.69, 9.17) is 9.47 Å². The molecule has 4 nitrogen and oxygen atoms in total. The zero-order valence-corrected chi connectivity index (χ0v) is 13.5. The van der Waals surface area contributed by atoms with Gasteiger partial charge in [0, 0.05) is 25.2 Å². The number of rotatable bonds is 5. The van der Waals surface area contributed by atoms with Gasteiger partial charge in [0.1, 0.15) is 0 Å². The van der Waals surface area contributed by atoms with Crippen molar-refractivity contribution in [3.63, 3.8) is 0 Å². The molecule has 0 aromatic carbocycles. The molecule has 3 atom stereocenters. The van der Waals surface area contributed by atoms with Crippen LogP contribution in [0.2, 0.25) is 0 Å². The minimum absolute atomic E-state index is 0.122. The van der Waals surface area contributed by atoms with E-state index < -0.39 is 0 Å². The van der Waals surface area contributed by atoms with Gasteiger partial charge in [0.2, 0.25) is 0 Å². The highest BCUT2D eigenvalue weighted by molar-refractivity contribution is 5.00. The van der Waals surface area contributed by atoms with E-state index in [0.29, 0.717) is 12.5 Å². The predicted molar refractivity (Wildman–Crippen MR) is 79.8 cm³/mol. The molecule has 0 aromatic heterocycles. The summed E-state index contributed by atoms with van der Waals surface area (Å²) in [4.78, 5) is 2.21. The van der Waals surface area contributed by atoms with Crippen molar-refractivity contribution in [3.8, 4) is 0 Å². The van der Waals surface area contributed by atoms with Crippen molar-refractivity contribution in [2.24, 2.45) is 5.92 Å². The van der Waals surface area contributed by atoms with Gasteiger partial charge in [-0.2, -0.15) is 0 Å². The summed E-state index contributed by atoms with van der Waals surface area (Å²) in [5, 5.41) is 11.1. The smallest absolute Gasteiger partial charge is 0.0940 e. The van der Waals surface area contributed by atoms with Crippen molar-refractivity contribution in [1.29, 1.82) is 0 Å². The molecular weight excluding hydrogens is 254 g/mol. The Labute approximate surface area is 123 Å². The van der Waals surface area contributed by atoms with Gasteiger partial charge >= 0.3 is 0 Å². The maximum atomic E-state index is 11.1. The van der Waals surface area contributed by atoms with Gasteiger partial charge in [-0.15, -0.1) is 0 Å². The fraction of sp³-hybridized carbons (Fsp3) is 1.00. The SMILES string of the molecule is CCC(CC)(C(O)C1CCOC2(CCOC2)C1)N(C)C. The quantitative estimate of drug-likeness (QED) is 0.839. The lowest BCUT2D eigenvalue weighted by molar-refractivity contribution is -0.139. The molecule has 20 heavy (non-hydrogen) atoms. The van der Waals surface area contributed by atoms with Crippen LogP contribution in [0, 0.1) is 5.92 Å². The molecule has 2 heterocycles. The second kappa shape index (κ2) is 6.30. The summed E-state index contributed by atoms with van der Waals surface area (Å²) in [5.74, 6) is 0.313. The highest BCUT2D eigenvalue weighted by Gasteiger charge is 2.48. The van der Waals surface area contributed by atoms with Crippen molar-refractivity contribution in [1.82, 2.24) is 4.90 Å². The van der Waals surface area contributed by atoms with Gasteiger partial charge in [-0.05, 0) is 45.7 Å². The van der Waals surface area contributed by atoms with Crippen LogP contribution in [0.1, 0.15) is 46.0 Å². The second-order valence-corrected chi connectivity index (χ2v) is 6.74. The lowest BCUT2D eigenvalue weighted by Crippen LogP contribution is -2.58. The van der Waals surface area contributed by atoms with Gasteiger partial charge in [-0.1, -0.05) is 13.8 Å². The molecular formula is C16H31NO3. The molecule has 0 bridgehead atoms. The van der Waals surface area contributed by atoms with E-state index in [9.17, 15) is 5.11 Å². The van der Waals surface area contributed by atoms with Gasteiger partial charge in [0.15, 0.2) is 0 Å². The molecule has 2 aliphatic rings. The van der Waals surface area contributed by atoms with Crippen LogP contribution in [0.3, 0.4) is 0 Å². The number of nitrogens with zero attached hydrogens (tertiary/aromatic N) is 1. The van der Waals surface area contributed by atoms with Crippen LogP contribution < -0.4 is 0 Å². The summed E-state index contributed by atoms with van der Waals surface area (Å²) < 4.78 is 11.5. The van der Waals surface area contributed by atoms with Crippen LogP contribution in [-0.2, 0) is 9.47 Å². The van der Waals surface area contributed by atoms with Crippen LogP contribution in [0.5, 0.6) is 0 Å². The molecule has 1 N–H and O–H groups in total. The molecule has 3 unspecified atom stereocenters. The van der Waals surface area contributed by atoms with Crippen molar-refractivity contribution in [3.05, 3.63) is 0 Å². The van der Waals surface area contributed by atoms with Gasteiger partial charge in [0.25, 0.3) is 0 Å². The lowest BCUT2D eigenvalue weighted by atomic mass is 9.73. The van der Waals surface area contributed by atoms with Crippen molar-refractivity contribution >= 4 is 0 Å². The Bertz CT molecular complexity index is 309. The van der Waals surface area contributed by atoms with Crippen LogP contribution in [0.25, 0.3) is 0 Å². The van der Waals surface area contributed by atoms with Crippen LogP contribution in [0.4, 0.5) is 0 Å². The zero-order valence-electron chi connectivity index (χ0n) is 13.5. The summed E-state index contributed by atoms with van der Waals surface area (Å²) in [6.45, 7) is 6.61. The molecule has 4 heteroatoms. The molecule has 2 rings (SSSR count). The highest BCUT2D eigenvalue weighted by atomic mass is 16.6. The first-order chi connectivity index (χ1) is 9.49. The number of hydrogen-bond donors (Lipinski definition) is 1.